The van der Waals surface area contributed by atoms with Crippen LogP contribution >= 0.6 is 0 Å². The molecule has 0 radical (unpaired) electrons. The van der Waals surface area contributed by atoms with Crippen LogP contribution in [0.3, 0.4) is 0 Å². The average molecular weight is 339 g/mol. The van der Waals surface area contributed by atoms with Crippen LogP contribution in [0, 0.1) is 0 Å². The van der Waals surface area contributed by atoms with Crippen LogP contribution in [-0.2, 0) is 17.8 Å². The van der Waals surface area contributed by atoms with Crippen LogP contribution in [0.4, 0.5) is 0 Å². The maximum Gasteiger partial charge on any atom is 0.146 e. The maximum atomic E-state index is 11.6. The SMILES string of the molecule is CCn1c2ccccc2c2cc(/C=C(\C=O)Cc3ccccc3)ccc21. The fourth-order valence-corrected chi connectivity index (χ4v) is 3.67. The predicted octanol–water partition coefficient (Wildman–Crippen LogP) is 5.64. The molecule has 0 fully saturated rings. The first kappa shape index (κ1) is 16.3. The van der Waals surface area contributed by atoms with E-state index >= 15 is 0 Å². The lowest BCUT2D eigenvalue weighted by atomic mass is 10.0. The van der Waals surface area contributed by atoms with Crippen molar-refractivity contribution in [3.05, 3.63) is 89.5 Å². The van der Waals surface area contributed by atoms with Gasteiger partial charge in [-0.25, -0.2) is 0 Å². The van der Waals surface area contributed by atoms with Crippen molar-refractivity contribution in [2.45, 2.75) is 19.9 Å². The summed E-state index contributed by atoms with van der Waals surface area (Å²) in [5.74, 6) is 0. The number of aryl methyl sites for hydroxylation is 1. The summed E-state index contributed by atoms with van der Waals surface area (Å²) >= 11 is 0. The number of fused-ring (bicyclic) bond motifs is 3. The zero-order valence-corrected chi connectivity index (χ0v) is 14.9. The number of hydrogen-bond donors (Lipinski definition) is 0. The van der Waals surface area contributed by atoms with E-state index in [1.54, 1.807) is 0 Å². The highest BCUT2D eigenvalue weighted by molar-refractivity contribution is 6.08. The van der Waals surface area contributed by atoms with Crippen LogP contribution in [0.25, 0.3) is 27.9 Å². The van der Waals surface area contributed by atoms with Gasteiger partial charge in [0.25, 0.3) is 0 Å². The van der Waals surface area contributed by atoms with E-state index in [2.05, 4.69) is 66.1 Å². The van der Waals surface area contributed by atoms with Gasteiger partial charge in [-0.05, 0) is 47.9 Å². The molecule has 0 aliphatic carbocycles. The third kappa shape index (κ3) is 2.95. The first-order valence-corrected chi connectivity index (χ1v) is 9.01. The minimum atomic E-state index is 0.652. The van der Waals surface area contributed by atoms with Crippen LogP contribution < -0.4 is 0 Å². The van der Waals surface area contributed by atoms with Crippen LogP contribution in [-0.4, -0.2) is 10.9 Å². The Bertz CT molecular complexity index is 1100. The molecule has 26 heavy (non-hydrogen) atoms. The van der Waals surface area contributed by atoms with Gasteiger partial charge in [0.05, 0.1) is 0 Å². The summed E-state index contributed by atoms with van der Waals surface area (Å²) in [5.41, 5.74) is 5.49. The highest BCUT2D eigenvalue weighted by Crippen LogP contribution is 2.30. The quantitative estimate of drug-likeness (QED) is 0.341. The van der Waals surface area contributed by atoms with Crippen LogP contribution in [0.1, 0.15) is 18.1 Å². The average Bonchev–Trinajstić information content (AvgIpc) is 3.01. The van der Waals surface area contributed by atoms with Gasteiger partial charge in [0.2, 0.25) is 0 Å². The number of benzene rings is 3. The lowest BCUT2D eigenvalue weighted by Crippen LogP contribution is -1.93. The Hall–Kier alpha value is -3.13. The summed E-state index contributed by atoms with van der Waals surface area (Å²) in [6.45, 7) is 3.11. The minimum Gasteiger partial charge on any atom is -0.341 e. The first-order chi connectivity index (χ1) is 12.8. The van der Waals surface area contributed by atoms with E-state index in [9.17, 15) is 4.79 Å². The Kier molecular flexibility index (Phi) is 4.40. The predicted molar refractivity (Wildman–Crippen MR) is 109 cm³/mol. The second-order valence-electron chi connectivity index (χ2n) is 6.54. The van der Waals surface area contributed by atoms with Gasteiger partial charge in [0.1, 0.15) is 6.29 Å². The van der Waals surface area contributed by atoms with Gasteiger partial charge in [-0.15, -0.1) is 0 Å². The van der Waals surface area contributed by atoms with E-state index in [-0.39, 0.29) is 0 Å². The molecule has 4 rings (SSSR count). The smallest absolute Gasteiger partial charge is 0.146 e. The normalized spacial score (nSPS) is 12.0. The molecule has 0 atom stereocenters. The van der Waals surface area contributed by atoms with Crippen molar-refractivity contribution in [3.63, 3.8) is 0 Å². The van der Waals surface area contributed by atoms with Crippen molar-refractivity contribution in [1.82, 2.24) is 4.57 Å². The van der Waals surface area contributed by atoms with Gasteiger partial charge >= 0.3 is 0 Å². The number of hydrogen-bond acceptors (Lipinski definition) is 1. The maximum absolute atomic E-state index is 11.6. The van der Waals surface area contributed by atoms with Gasteiger partial charge in [-0.3, -0.25) is 4.79 Å². The van der Waals surface area contributed by atoms with Crippen molar-refractivity contribution in [1.29, 1.82) is 0 Å². The lowest BCUT2D eigenvalue weighted by molar-refractivity contribution is -0.104. The summed E-state index contributed by atoms with van der Waals surface area (Å²) in [6, 6.07) is 25.1. The Labute approximate surface area is 153 Å². The molecule has 3 aromatic carbocycles. The fourth-order valence-electron chi connectivity index (χ4n) is 3.67. The molecular weight excluding hydrogens is 318 g/mol. The van der Waals surface area contributed by atoms with E-state index in [1.807, 2.05) is 24.3 Å². The number of carbonyl (C=O) groups excluding carboxylic acids is 1. The van der Waals surface area contributed by atoms with Crippen LogP contribution in [0.2, 0.25) is 0 Å². The van der Waals surface area contributed by atoms with Gasteiger partial charge in [-0.1, -0.05) is 54.6 Å². The lowest BCUT2D eigenvalue weighted by Gasteiger charge is -2.04. The zero-order valence-electron chi connectivity index (χ0n) is 14.9. The van der Waals surface area contributed by atoms with Crippen molar-refractivity contribution >= 4 is 34.2 Å². The van der Waals surface area contributed by atoms with E-state index < -0.39 is 0 Å². The molecule has 0 aliphatic heterocycles. The third-order valence-corrected chi connectivity index (χ3v) is 4.87. The van der Waals surface area contributed by atoms with Gasteiger partial charge < -0.3 is 4.57 Å². The first-order valence-electron chi connectivity index (χ1n) is 9.01. The summed E-state index contributed by atoms with van der Waals surface area (Å²) < 4.78 is 2.34. The van der Waals surface area contributed by atoms with Crippen LogP contribution in [0.15, 0.2) is 78.4 Å². The zero-order chi connectivity index (χ0) is 17.9. The topological polar surface area (TPSA) is 22.0 Å². The monoisotopic (exact) mass is 339 g/mol. The van der Waals surface area contributed by atoms with E-state index in [4.69, 9.17) is 0 Å². The largest absolute Gasteiger partial charge is 0.341 e. The van der Waals surface area contributed by atoms with Crippen LogP contribution in [0.5, 0.6) is 0 Å². The highest BCUT2D eigenvalue weighted by Gasteiger charge is 2.09. The fraction of sp³-hybridized carbons (Fsp3) is 0.125. The molecule has 0 N–H and O–H groups in total. The molecule has 1 heterocycles. The van der Waals surface area contributed by atoms with Gasteiger partial charge in [-0.2, -0.15) is 0 Å². The molecule has 0 unspecified atom stereocenters. The summed E-state index contributed by atoms with van der Waals surface area (Å²) in [5, 5.41) is 2.50. The van der Waals surface area contributed by atoms with Crippen molar-refractivity contribution in [2.75, 3.05) is 0 Å². The number of para-hydroxylation sites is 1. The molecule has 0 aliphatic rings. The number of nitrogens with zero attached hydrogens (tertiary/aromatic N) is 1. The molecule has 0 saturated heterocycles. The van der Waals surface area contributed by atoms with E-state index in [1.165, 1.54) is 21.8 Å². The highest BCUT2D eigenvalue weighted by atomic mass is 16.1. The van der Waals surface area contributed by atoms with E-state index in [0.717, 1.165) is 29.5 Å². The number of aldehydes is 1. The van der Waals surface area contributed by atoms with Gasteiger partial charge in [0, 0.05) is 34.8 Å². The molecule has 0 bridgehead atoms. The summed E-state index contributed by atoms with van der Waals surface area (Å²) in [4.78, 5) is 11.6. The molecule has 2 heteroatoms. The van der Waals surface area contributed by atoms with Gasteiger partial charge in [0.15, 0.2) is 0 Å². The second-order valence-corrected chi connectivity index (χ2v) is 6.54. The standard InChI is InChI=1S/C24H21NO/c1-2-25-23-11-7-6-10-21(23)22-16-19(12-13-24(22)25)15-20(17-26)14-18-8-4-3-5-9-18/h3-13,15-17H,2,14H2,1H3/b20-15-. The Morgan fingerprint density at radius 1 is 0.885 bits per heavy atom. The molecule has 2 nitrogen and oxygen atoms in total. The Balaban J connectivity index is 1.79. The molecular formula is C24H21NO. The van der Waals surface area contributed by atoms with Crippen molar-refractivity contribution in [3.8, 4) is 0 Å². The molecule has 4 aromatic rings. The third-order valence-electron chi connectivity index (χ3n) is 4.87. The molecule has 0 amide bonds. The van der Waals surface area contributed by atoms with Crippen molar-refractivity contribution in [2.24, 2.45) is 0 Å². The Morgan fingerprint density at radius 3 is 2.38 bits per heavy atom. The van der Waals surface area contributed by atoms with Crippen molar-refractivity contribution < 1.29 is 4.79 Å². The van der Waals surface area contributed by atoms with E-state index in [0.29, 0.717) is 6.42 Å². The summed E-state index contributed by atoms with van der Waals surface area (Å²) in [7, 11) is 0. The number of aromatic nitrogens is 1. The number of carbonyl (C=O) groups is 1. The summed E-state index contributed by atoms with van der Waals surface area (Å²) in [6.07, 6.45) is 3.61. The minimum absolute atomic E-state index is 0.652. The Morgan fingerprint density at radius 2 is 1.62 bits per heavy atom. The number of allylic oxidation sites excluding steroid dienone is 1. The molecule has 0 spiro atoms. The molecule has 0 saturated carbocycles. The molecule has 128 valence electrons. The number of rotatable bonds is 5. The second kappa shape index (κ2) is 7.01. The molecule has 1 aromatic heterocycles.